The van der Waals surface area contributed by atoms with E-state index in [-0.39, 0.29) is 18.8 Å². The molecule has 0 saturated carbocycles. The molecule has 0 unspecified atom stereocenters. The highest BCUT2D eigenvalue weighted by molar-refractivity contribution is 5.56. The third-order valence-electron chi connectivity index (χ3n) is 4.13. The minimum atomic E-state index is -4.89. The molecule has 2 atom stereocenters. The van der Waals surface area contributed by atoms with Crippen LogP contribution in [0.15, 0.2) is 42.7 Å². The Morgan fingerprint density at radius 1 is 1.14 bits per heavy atom. The molecular weight excluding hydrogens is 404 g/mol. The van der Waals surface area contributed by atoms with E-state index < -0.39 is 35.8 Å². The third-order valence-corrected chi connectivity index (χ3v) is 4.13. The van der Waals surface area contributed by atoms with E-state index >= 15 is 0 Å². The van der Waals surface area contributed by atoms with Gasteiger partial charge in [0.1, 0.15) is 18.5 Å². The summed E-state index contributed by atoms with van der Waals surface area (Å²) in [6.45, 7) is -0.589. The molecular formula is C18H13F6N3O2. The summed E-state index contributed by atoms with van der Waals surface area (Å²) in [5.74, 6) is 0.364. The van der Waals surface area contributed by atoms with Crippen LogP contribution >= 0.6 is 0 Å². The van der Waals surface area contributed by atoms with Crippen molar-refractivity contribution in [2.45, 2.75) is 24.7 Å². The fraction of sp³-hybridized carbons (Fsp3) is 0.333. The van der Waals surface area contributed by atoms with E-state index in [4.69, 9.17) is 14.7 Å². The molecule has 1 aliphatic heterocycles. The number of nitriles is 1. The highest BCUT2D eigenvalue weighted by Gasteiger charge is 2.51. The van der Waals surface area contributed by atoms with Crippen LogP contribution < -0.4 is 9.64 Å². The van der Waals surface area contributed by atoms with Crippen LogP contribution in [0.3, 0.4) is 0 Å². The maximum absolute atomic E-state index is 13.4. The molecule has 0 N–H and O–H groups in total. The van der Waals surface area contributed by atoms with Crippen molar-refractivity contribution in [3.63, 3.8) is 0 Å². The van der Waals surface area contributed by atoms with E-state index in [2.05, 4.69) is 4.98 Å². The van der Waals surface area contributed by atoms with Gasteiger partial charge in [0.05, 0.1) is 23.7 Å². The average molecular weight is 417 g/mol. The summed E-state index contributed by atoms with van der Waals surface area (Å²) in [4.78, 5) is 4.46. The predicted octanol–water partition coefficient (Wildman–Crippen LogP) is 4.14. The van der Waals surface area contributed by atoms with Crippen LogP contribution in [0.25, 0.3) is 0 Å². The molecule has 0 bridgehead atoms. The molecule has 0 radical (unpaired) electrons. The van der Waals surface area contributed by atoms with E-state index in [1.165, 1.54) is 30.6 Å². The molecule has 5 nitrogen and oxygen atoms in total. The van der Waals surface area contributed by atoms with Gasteiger partial charge < -0.3 is 14.4 Å². The normalized spacial score (nSPS) is 19.8. The summed E-state index contributed by atoms with van der Waals surface area (Å²) in [5, 5.41) is 8.85. The molecule has 2 aromatic rings. The monoisotopic (exact) mass is 417 g/mol. The molecule has 11 heteroatoms. The van der Waals surface area contributed by atoms with E-state index in [0.717, 1.165) is 12.1 Å². The molecule has 154 valence electrons. The van der Waals surface area contributed by atoms with Crippen molar-refractivity contribution in [2.24, 2.45) is 0 Å². The number of aromatic nitrogens is 1. The largest absolute Gasteiger partial charge is 0.491 e. The molecule has 1 aromatic carbocycles. The van der Waals surface area contributed by atoms with Crippen molar-refractivity contribution in [2.75, 3.05) is 18.1 Å². The molecule has 1 aromatic heterocycles. The smallest absolute Gasteiger partial charge is 0.433 e. The van der Waals surface area contributed by atoms with Gasteiger partial charge in [0.15, 0.2) is 0 Å². The van der Waals surface area contributed by atoms with Crippen LogP contribution in [0.1, 0.15) is 11.1 Å². The Labute approximate surface area is 161 Å². The molecule has 2 heterocycles. The van der Waals surface area contributed by atoms with Crippen LogP contribution in [0.5, 0.6) is 5.75 Å². The van der Waals surface area contributed by atoms with Crippen LogP contribution in [-0.4, -0.2) is 36.6 Å². The second kappa shape index (κ2) is 7.79. The zero-order valence-electron chi connectivity index (χ0n) is 14.5. The Kier molecular flexibility index (Phi) is 5.57. The summed E-state index contributed by atoms with van der Waals surface area (Å²) in [5.41, 5.74) is -2.34. The molecule has 0 spiro atoms. The topological polar surface area (TPSA) is 58.4 Å². The number of hydrogen-bond donors (Lipinski definition) is 0. The van der Waals surface area contributed by atoms with Gasteiger partial charge in [0.2, 0.25) is 6.23 Å². The summed E-state index contributed by atoms with van der Waals surface area (Å²) < 4.78 is 90.2. The van der Waals surface area contributed by atoms with Gasteiger partial charge in [0.25, 0.3) is 0 Å². The lowest BCUT2D eigenvalue weighted by Crippen LogP contribution is -2.42. The van der Waals surface area contributed by atoms with Gasteiger partial charge in [-0.2, -0.15) is 31.6 Å². The zero-order chi connectivity index (χ0) is 21.2. The van der Waals surface area contributed by atoms with Crippen molar-refractivity contribution < 1.29 is 35.8 Å². The molecule has 1 saturated heterocycles. The maximum Gasteiger partial charge on any atom is 0.433 e. The summed E-state index contributed by atoms with van der Waals surface area (Å²) in [6, 6.07) is 6.79. The molecule has 0 aliphatic carbocycles. The van der Waals surface area contributed by atoms with Gasteiger partial charge in [-0.1, -0.05) is 0 Å². The number of halogens is 6. The predicted molar refractivity (Wildman–Crippen MR) is 88.0 cm³/mol. The van der Waals surface area contributed by atoms with Gasteiger partial charge >= 0.3 is 12.4 Å². The first-order valence-electron chi connectivity index (χ1n) is 8.22. The van der Waals surface area contributed by atoms with Crippen molar-refractivity contribution in [1.29, 1.82) is 5.26 Å². The summed E-state index contributed by atoms with van der Waals surface area (Å²) >= 11 is 0. The Morgan fingerprint density at radius 2 is 1.83 bits per heavy atom. The van der Waals surface area contributed by atoms with Crippen molar-refractivity contribution >= 4 is 5.69 Å². The number of pyridine rings is 1. The third kappa shape index (κ3) is 4.71. The number of ether oxygens (including phenoxy) is 2. The van der Waals surface area contributed by atoms with Crippen molar-refractivity contribution in [3.8, 4) is 11.8 Å². The number of rotatable bonds is 4. The highest BCUT2D eigenvalue weighted by Crippen LogP contribution is 2.39. The highest BCUT2D eigenvalue weighted by atomic mass is 19.4. The SMILES string of the molecule is N#Cc1ccc(N2C[C@@H](COc3ccncc3)O[C@H]2C(F)(F)F)cc1C(F)(F)F. The van der Waals surface area contributed by atoms with Gasteiger partial charge in [0, 0.05) is 18.1 Å². The molecule has 29 heavy (non-hydrogen) atoms. The van der Waals surface area contributed by atoms with E-state index in [0.29, 0.717) is 16.7 Å². The quantitative estimate of drug-likeness (QED) is 0.700. The van der Waals surface area contributed by atoms with Gasteiger partial charge in [-0.3, -0.25) is 4.98 Å². The van der Waals surface area contributed by atoms with Gasteiger partial charge in [-0.25, -0.2) is 0 Å². The molecule has 1 fully saturated rings. The second-order valence-electron chi connectivity index (χ2n) is 6.14. The number of alkyl halides is 6. The standard InChI is InChI=1S/C18H13F6N3O2/c19-17(20,21)15-7-12(2-1-11(15)8-25)27-9-14(29-16(27)18(22,23)24)10-28-13-3-5-26-6-4-13/h1-7,14,16H,9-10H2/t14-,16-/m0/s1. The lowest BCUT2D eigenvalue weighted by molar-refractivity contribution is -0.215. The Morgan fingerprint density at radius 3 is 2.41 bits per heavy atom. The summed E-state index contributed by atoms with van der Waals surface area (Å²) in [6.07, 6.45) is -10.4. The Bertz CT molecular complexity index is 895. The molecule has 3 rings (SSSR count). The lowest BCUT2D eigenvalue weighted by Gasteiger charge is -2.27. The lowest BCUT2D eigenvalue weighted by atomic mass is 10.1. The van der Waals surface area contributed by atoms with E-state index in [9.17, 15) is 26.3 Å². The summed E-state index contributed by atoms with van der Waals surface area (Å²) in [7, 11) is 0. The first-order valence-corrected chi connectivity index (χ1v) is 8.22. The second-order valence-corrected chi connectivity index (χ2v) is 6.14. The van der Waals surface area contributed by atoms with Gasteiger partial charge in [-0.15, -0.1) is 0 Å². The number of hydrogen-bond acceptors (Lipinski definition) is 5. The first-order chi connectivity index (χ1) is 13.6. The Balaban J connectivity index is 1.85. The van der Waals surface area contributed by atoms with Crippen LogP contribution in [0, 0.1) is 11.3 Å². The molecule has 0 amide bonds. The van der Waals surface area contributed by atoms with Gasteiger partial charge in [-0.05, 0) is 30.3 Å². The van der Waals surface area contributed by atoms with E-state index in [1.54, 1.807) is 0 Å². The fourth-order valence-corrected chi connectivity index (χ4v) is 2.87. The molecule has 1 aliphatic rings. The maximum atomic E-state index is 13.4. The van der Waals surface area contributed by atoms with Crippen LogP contribution in [0.4, 0.5) is 32.0 Å². The number of benzene rings is 1. The van der Waals surface area contributed by atoms with E-state index in [1.807, 2.05) is 0 Å². The Hall–Kier alpha value is -3.00. The van der Waals surface area contributed by atoms with Crippen molar-refractivity contribution in [3.05, 3.63) is 53.9 Å². The average Bonchev–Trinajstić information content (AvgIpc) is 3.11. The van der Waals surface area contributed by atoms with Crippen molar-refractivity contribution in [1.82, 2.24) is 4.98 Å². The minimum absolute atomic E-state index is 0.241. The number of nitrogens with zero attached hydrogens (tertiary/aromatic N) is 3. The first kappa shape index (κ1) is 20.7. The van der Waals surface area contributed by atoms with Crippen LogP contribution in [-0.2, 0) is 10.9 Å². The zero-order valence-corrected chi connectivity index (χ0v) is 14.5. The number of anilines is 1. The fourth-order valence-electron chi connectivity index (χ4n) is 2.87. The minimum Gasteiger partial charge on any atom is -0.491 e. The van der Waals surface area contributed by atoms with Crippen LogP contribution in [0.2, 0.25) is 0 Å².